The second-order valence-corrected chi connectivity index (χ2v) is 3.39. The highest BCUT2D eigenvalue weighted by Crippen LogP contribution is 2.33. The molecule has 2 aliphatic rings. The fourth-order valence-electron chi connectivity index (χ4n) is 2.12. The summed E-state index contributed by atoms with van der Waals surface area (Å²) in [6.07, 6.45) is 3.46. The maximum absolute atomic E-state index is 9.35. The lowest BCUT2D eigenvalue weighted by Crippen LogP contribution is -2.42. The highest BCUT2D eigenvalue weighted by molar-refractivity contribution is 4.90. The molecule has 0 spiro atoms. The van der Waals surface area contributed by atoms with E-state index in [0.717, 1.165) is 25.7 Å². The lowest BCUT2D eigenvalue weighted by Gasteiger charge is -2.31. The first-order valence-corrected chi connectivity index (χ1v) is 3.92. The minimum atomic E-state index is -0.166. The Morgan fingerprint density at radius 1 is 1.10 bits per heavy atom. The summed E-state index contributed by atoms with van der Waals surface area (Å²) >= 11 is 0. The number of hydroxylamine groups is 2. The molecule has 2 bridgehead atoms. The molecule has 3 nitrogen and oxygen atoms in total. The molecule has 0 aliphatic carbocycles. The lowest BCUT2D eigenvalue weighted by atomic mass is 10.0. The number of fused-ring (bicyclic) bond motifs is 2. The third-order valence-electron chi connectivity index (χ3n) is 2.67. The van der Waals surface area contributed by atoms with Crippen molar-refractivity contribution in [2.75, 3.05) is 0 Å². The fourth-order valence-corrected chi connectivity index (χ4v) is 2.12. The van der Waals surface area contributed by atoms with Crippen LogP contribution >= 0.6 is 0 Å². The van der Waals surface area contributed by atoms with Gasteiger partial charge in [0.2, 0.25) is 0 Å². The van der Waals surface area contributed by atoms with E-state index in [1.54, 1.807) is 0 Å². The van der Waals surface area contributed by atoms with E-state index in [1.807, 2.05) is 0 Å². The van der Waals surface area contributed by atoms with Gasteiger partial charge in [-0.1, -0.05) is 0 Å². The molecule has 0 amide bonds. The zero-order valence-electron chi connectivity index (χ0n) is 5.90. The van der Waals surface area contributed by atoms with E-state index >= 15 is 0 Å². The number of aliphatic hydroxyl groups is 1. The van der Waals surface area contributed by atoms with E-state index in [2.05, 4.69) is 0 Å². The van der Waals surface area contributed by atoms with Gasteiger partial charge in [-0.05, 0) is 25.7 Å². The molecule has 2 saturated heterocycles. The third kappa shape index (κ3) is 0.856. The van der Waals surface area contributed by atoms with Gasteiger partial charge in [0.25, 0.3) is 0 Å². The van der Waals surface area contributed by atoms with Gasteiger partial charge in [0.05, 0.1) is 6.10 Å². The first-order chi connectivity index (χ1) is 4.77. The Hall–Kier alpha value is -0.120. The summed E-state index contributed by atoms with van der Waals surface area (Å²) in [6, 6.07) is 0.488. The minimum absolute atomic E-state index is 0.166. The van der Waals surface area contributed by atoms with E-state index in [1.165, 1.54) is 5.06 Å². The molecule has 0 radical (unpaired) electrons. The molecule has 58 valence electrons. The summed E-state index contributed by atoms with van der Waals surface area (Å²) in [7, 11) is 0. The molecular formula is C7H13NO2. The number of nitrogens with zero attached hydrogens (tertiary/aromatic N) is 1. The molecule has 0 saturated carbocycles. The van der Waals surface area contributed by atoms with Crippen LogP contribution in [0.2, 0.25) is 0 Å². The van der Waals surface area contributed by atoms with Crippen molar-refractivity contribution >= 4 is 0 Å². The van der Waals surface area contributed by atoms with Crippen LogP contribution in [0.4, 0.5) is 0 Å². The van der Waals surface area contributed by atoms with Crippen LogP contribution in [0.3, 0.4) is 0 Å². The first-order valence-electron chi connectivity index (χ1n) is 3.92. The summed E-state index contributed by atoms with van der Waals surface area (Å²) in [5.41, 5.74) is 0. The minimum Gasteiger partial charge on any atom is -0.393 e. The topological polar surface area (TPSA) is 43.7 Å². The van der Waals surface area contributed by atoms with Crippen LogP contribution in [0.5, 0.6) is 0 Å². The van der Waals surface area contributed by atoms with Crippen molar-refractivity contribution in [3.63, 3.8) is 0 Å². The van der Waals surface area contributed by atoms with Gasteiger partial charge in [0.15, 0.2) is 0 Å². The Morgan fingerprint density at radius 2 is 1.60 bits per heavy atom. The highest BCUT2D eigenvalue weighted by Gasteiger charge is 2.39. The van der Waals surface area contributed by atoms with Crippen LogP contribution in [0, 0.1) is 0 Å². The van der Waals surface area contributed by atoms with Gasteiger partial charge in [-0.2, -0.15) is 5.06 Å². The van der Waals surface area contributed by atoms with Crippen molar-refractivity contribution in [1.29, 1.82) is 0 Å². The molecule has 2 heterocycles. The van der Waals surface area contributed by atoms with E-state index < -0.39 is 0 Å². The van der Waals surface area contributed by atoms with E-state index in [4.69, 9.17) is 0 Å². The van der Waals surface area contributed by atoms with Crippen LogP contribution in [-0.2, 0) is 0 Å². The summed E-state index contributed by atoms with van der Waals surface area (Å²) in [5.74, 6) is 0. The van der Waals surface area contributed by atoms with E-state index in [9.17, 15) is 10.3 Å². The van der Waals surface area contributed by atoms with Gasteiger partial charge in [-0.25, -0.2) is 0 Å². The number of hydrogen-bond donors (Lipinski definition) is 2. The molecule has 2 N–H and O–H groups in total. The van der Waals surface area contributed by atoms with Crippen LogP contribution < -0.4 is 0 Å². The molecule has 2 atom stereocenters. The Labute approximate surface area is 60.2 Å². The van der Waals surface area contributed by atoms with Crippen molar-refractivity contribution in [3.05, 3.63) is 0 Å². The quantitative estimate of drug-likeness (QED) is 0.514. The summed E-state index contributed by atoms with van der Waals surface area (Å²) in [5, 5.41) is 20.1. The molecule has 2 rings (SSSR count). The average Bonchev–Trinajstić information content (AvgIpc) is 2.20. The molecule has 2 aliphatic heterocycles. The smallest absolute Gasteiger partial charge is 0.0571 e. The van der Waals surface area contributed by atoms with Gasteiger partial charge in [0.1, 0.15) is 0 Å². The lowest BCUT2D eigenvalue weighted by molar-refractivity contribution is -0.166. The van der Waals surface area contributed by atoms with E-state index in [0.29, 0.717) is 0 Å². The Balaban J connectivity index is 2.09. The van der Waals surface area contributed by atoms with Crippen molar-refractivity contribution in [3.8, 4) is 0 Å². The summed E-state index contributed by atoms with van der Waals surface area (Å²) in [4.78, 5) is 0. The summed E-state index contributed by atoms with van der Waals surface area (Å²) in [6.45, 7) is 0. The number of rotatable bonds is 0. The Kier molecular flexibility index (Phi) is 1.44. The van der Waals surface area contributed by atoms with Gasteiger partial charge < -0.3 is 10.3 Å². The molecule has 0 aromatic heterocycles. The van der Waals surface area contributed by atoms with Crippen molar-refractivity contribution < 1.29 is 10.3 Å². The number of hydrogen-bond acceptors (Lipinski definition) is 3. The molecule has 2 fully saturated rings. The highest BCUT2D eigenvalue weighted by atomic mass is 16.5. The molecular weight excluding hydrogens is 130 g/mol. The first kappa shape index (κ1) is 6.58. The molecule has 0 aromatic carbocycles. The maximum Gasteiger partial charge on any atom is 0.0571 e. The largest absolute Gasteiger partial charge is 0.393 e. The Bertz CT molecular complexity index is 126. The van der Waals surface area contributed by atoms with Crippen molar-refractivity contribution in [1.82, 2.24) is 5.06 Å². The average molecular weight is 143 g/mol. The normalized spacial score (nSPS) is 48.0. The Morgan fingerprint density at radius 3 is 2.10 bits per heavy atom. The van der Waals surface area contributed by atoms with Gasteiger partial charge in [-0.3, -0.25) is 0 Å². The summed E-state index contributed by atoms with van der Waals surface area (Å²) < 4.78 is 0. The van der Waals surface area contributed by atoms with Crippen LogP contribution in [-0.4, -0.2) is 33.6 Å². The van der Waals surface area contributed by atoms with Crippen molar-refractivity contribution in [2.24, 2.45) is 0 Å². The zero-order valence-corrected chi connectivity index (χ0v) is 5.90. The van der Waals surface area contributed by atoms with Crippen LogP contribution in [0.25, 0.3) is 0 Å². The number of piperidine rings is 1. The zero-order chi connectivity index (χ0) is 7.14. The standard InChI is InChI=1S/C7H13NO2/c9-7-3-5-1-2-6(4-7)8(5)10/h5-7,9-10H,1-4H2. The molecule has 10 heavy (non-hydrogen) atoms. The van der Waals surface area contributed by atoms with Gasteiger partial charge in [0, 0.05) is 12.1 Å². The number of aliphatic hydroxyl groups excluding tert-OH is 1. The molecule has 2 unspecified atom stereocenters. The van der Waals surface area contributed by atoms with Crippen molar-refractivity contribution in [2.45, 2.75) is 43.9 Å². The molecule has 0 aromatic rings. The van der Waals surface area contributed by atoms with Gasteiger partial charge >= 0.3 is 0 Å². The fraction of sp³-hybridized carbons (Fsp3) is 1.00. The monoisotopic (exact) mass is 143 g/mol. The maximum atomic E-state index is 9.35. The SMILES string of the molecule is OC1CC2CCC(C1)N2O. The second-order valence-electron chi connectivity index (χ2n) is 3.39. The van der Waals surface area contributed by atoms with Crippen LogP contribution in [0.15, 0.2) is 0 Å². The second kappa shape index (κ2) is 2.19. The van der Waals surface area contributed by atoms with Gasteiger partial charge in [-0.15, -0.1) is 0 Å². The van der Waals surface area contributed by atoms with E-state index in [-0.39, 0.29) is 18.2 Å². The predicted octanol–water partition coefficient (Wildman–Crippen LogP) is 0.363. The molecule has 3 heteroatoms. The van der Waals surface area contributed by atoms with Crippen LogP contribution in [0.1, 0.15) is 25.7 Å². The third-order valence-corrected chi connectivity index (χ3v) is 2.67. The predicted molar refractivity (Wildman–Crippen MR) is 35.7 cm³/mol.